The number of carbonyl (C=O) groups is 1. The summed E-state index contributed by atoms with van der Waals surface area (Å²) in [5, 5.41) is 10.5. The molecule has 0 radical (unpaired) electrons. The highest BCUT2D eigenvalue weighted by molar-refractivity contribution is 7.15. The van der Waals surface area contributed by atoms with Crippen LogP contribution in [-0.4, -0.2) is 16.1 Å². The van der Waals surface area contributed by atoms with E-state index in [1.165, 1.54) is 16.2 Å². The molecule has 4 aromatic rings. The van der Waals surface area contributed by atoms with Gasteiger partial charge in [-0.1, -0.05) is 74.9 Å². The van der Waals surface area contributed by atoms with E-state index in [9.17, 15) is 9.59 Å². The second-order valence-electron chi connectivity index (χ2n) is 9.10. The van der Waals surface area contributed by atoms with Crippen molar-refractivity contribution < 1.29 is 9.21 Å². The van der Waals surface area contributed by atoms with Crippen LogP contribution in [0.25, 0.3) is 11.0 Å². The van der Waals surface area contributed by atoms with E-state index >= 15 is 0 Å². The van der Waals surface area contributed by atoms with Gasteiger partial charge in [-0.15, -0.1) is 10.2 Å². The molecule has 0 N–H and O–H groups in total. The Balaban J connectivity index is 1.76. The Morgan fingerprint density at radius 2 is 1.82 bits per heavy atom. The van der Waals surface area contributed by atoms with Crippen LogP contribution in [0.5, 0.6) is 0 Å². The molecule has 0 fully saturated rings. The van der Waals surface area contributed by atoms with Gasteiger partial charge in [-0.05, 0) is 41.2 Å². The summed E-state index contributed by atoms with van der Waals surface area (Å²) < 4.78 is 5.97. The molecule has 0 unspecified atom stereocenters. The fourth-order valence-corrected chi connectivity index (χ4v) is 5.09. The molecule has 1 amide bonds. The number of benzene rings is 2. The van der Waals surface area contributed by atoms with Gasteiger partial charge in [0.1, 0.15) is 10.6 Å². The van der Waals surface area contributed by atoms with E-state index in [0.29, 0.717) is 33.1 Å². The van der Waals surface area contributed by atoms with Crippen LogP contribution in [0.3, 0.4) is 0 Å². The monoisotopic (exact) mass is 479 g/mol. The number of aromatic nitrogens is 2. The van der Waals surface area contributed by atoms with Crippen molar-refractivity contribution in [2.45, 2.75) is 45.6 Å². The summed E-state index contributed by atoms with van der Waals surface area (Å²) in [4.78, 5) is 28.7. The van der Waals surface area contributed by atoms with Gasteiger partial charge in [0.05, 0.1) is 17.0 Å². The Labute approximate surface area is 199 Å². The minimum atomic E-state index is -0.668. The zero-order valence-electron chi connectivity index (χ0n) is 18.7. The third kappa shape index (κ3) is 3.56. The van der Waals surface area contributed by atoms with E-state index in [1.54, 1.807) is 18.2 Å². The lowest BCUT2D eigenvalue weighted by molar-refractivity contribution is 0.0970. The maximum absolute atomic E-state index is 13.6. The van der Waals surface area contributed by atoms with Gasteiger partial charge in [-0.3, -0.25) is 14.5 Å². The number of rotatable bonds is 3. The van der Waals surface area contributed by atoms with Crippen molar-refractivity contribution in [3.05, 3.63) is 85.2 Å². The lowest BCUT2D eigenvalue weighted by Gasteiger charge is -2.24. The zero-order chi connectivity index (χ0) is 23.5. The largest absolute Gasteiger partial charge is 0.450 e. The second-order valence-corrected chi connectivity index (χ2v) is 10.6. The van der Waals surface area contributed by atoms with Gasteiger partial charge in [0.2, 0.25) is 10.9 Å². The topological polar surface area (TPSA) is 76.3 Å². The molecule has 0 aliphatic carbocycles. The van der Waals surface area contributed by atoms with E-state index < -0.39 is 11.9 Å². The number of carbonyl (C=O) groups excluding carboxylic acids is 1. The van der Waals surface area contributed by atoms with Crippen LogP contribution < -0.4 is 10.3 Å². The summed E-state index contributed by atoms with van der Waals surface area (Å²) in [6.45, 7) is 8.40. The Hall–Kier alpha value is -3.03. The summed E-state index contributed by atoms with van der Waals surface area (Å²) in [5.41, 5.74) is 2.29. The standard InChI is InChI=1S/C25H22ClN3O3S/c1-5-18-27-28-24(33-18)29-20(13-6-8-14(9-7-13)25(2,3)4)19-21(30)16-12-15(26)10-11-17(16)32-22(19)23(29)31/h6-12,20H,5H2,1-4H3/t20-/m0/s1. The SMILES string of the molecule is CCc1nnc(N2C(=O)c3oc4ccc(Cl)cc4c(=O)c3[C@@H]2c2ccc(C(C)(C)C)cc2)s1. The summed E-state index contributed by atoms with van der Waals surface area (Å²) >= 11 is 7.49. The first-order chi connectivity index (χ1) is 15.7. The molecule has 8 heteroatoms. The van der Waals surface area contributed by atoms with Crippen LogP contribution in [0, 0.1) is 0 Å². The molecular weight excluding hydrogens is 458 g/mol. The van der Waals surface area contributed by atoms with Crippen molar-refractivity contribution in [2.75, 3.05) is 4.90 Å². The molecular formula is C25H22ClN3O3S. The normalized spacial score (nSPS) is 16.0. The molecule has 0 spiro atoms. The highest BCUT2D eigenvalue weighted by Crippen LogP contribution is 2.42. The first-order valence-corrected chi connectivity index (χ1v) is 11.9. The predicted molar refractivity (Wildman–Crippen MR) is 131 cm³/mol. The Bertz CT molecular complexity index is 1450. The average molecular weight is 480 g/mol. The van der Waals surface area contributed by atoms with E-state index in [0.717, 1.165) is 16.1 Å². The molecule has 0 bridgehead atoms. The number of hydrogen-bond acceptors (Lipinski definition) is 6. The lowest BCUT2D eigenvalue weighted by atomic mass is 9.86. The third-order valence-electron chi connectivity index (χ3n) is 5.89. The number of aryl methyl sites for hydroxylation is 1. The maximum atomic E-state index is 13.6. The summed E-state index contributed by atoms with van der Waals surface area (Å²) in [5.74, 6) is -0.365. The van der Waals surface area contributed by atoms with Gasteiger partial charge in [-0.2, -0.15) is 0 Å². The van der Waals surface area contributed by atoms with Crippen LogP contribution >= 0.6 is 22.9 Å². The number of fused-ring (bicyclic) bond motifs is 2. The highest BCUT2D eigenvalue weighted by Gasteiger charge is 2.45. The Morgan fingerprint density at radius 3 is 2.45 bits per heavy atom. The minimum absolute atomic E-state index is 0.0249. The van der Waals surface area contributed by atoms with E-state index in [1.807, 2.05) is 31.2 Å². The molecule has 0 saturated carbocycles. The minimum Gasteiger partial charge on any atom is -0.450 e. The Kier molecular flexibility index (Phi) is 5.14. The molecule has 168 valence electrons. The molecule has 6 nitrogen and oxygen atoms in total. The molecule has 0 saturated heterocycles. The summed E-state index contributed by atoms with van der Waals surface area (Å²) in [6, 6.07) is 12.2. The van der Waals surface area contributed by atoms with Gasteiger partial charge in [0, 0.05) is 5.02 Å². The van der Waals surface area contributed by atoms with Crippen molar-refractivity contribution in [2.24, 2.45) is 0 Å². The van der Waals surface area contributed by atoms with Crippen LogP contribution in [0.4, 0.5) is 5.13 Å². The smallest absolute Gasteiger partial charge is 0.297 e. The van der Waals surface area contributed by atoms with Crippen molar-refractivity contribution in [1.29, 1.82) is 0 Å². The number of nitrogens with zero attached hydrogens (tertiary/aromatic N) is 3. The molecule has 1 aliphatic rings. The average Bonchev–Trinajstić information content (AvgIpc) is 3.36. The van der Waals surface area contributed by atoms with Crippen molar-refractivity contribution in [1.82, 2.24) is 10.2 Å². The zero-order valence-corrected chi connectivity index (χ0v) is 20.3. The van der Waals surface area contributed by atoms with E-state index in [-0.39, 0.29) is 16.6 Å². The maximum Gasteiger partial charge on any atom is 0.297 e. The van der Waals surface area contributed by atoms with Gasteiger partial charge >= 0.3 is 0 Å². The highest BCUT2D eigenvalue weighted by atomic mass is 35.5. The number of amides is 1. The van der Waals surface area contributed by atoms with Crippen LogP contribution in [0.15, 0.2) is 51.7 Å². The Morgan fingerprint density at radius 1 is 1.09 bits per heavy atom. The molecule has 33 heavy (non-hydrogen) atoms. The molecule has 1 atom stereocenters. The fourth-order valence-electron chi connectivity index (χ4n) is 4.11. The van der Waals surface area contributed by atoms with Crippen LogP contribution in [0.1, 0.15) is 66.0 Å². The first-order valence-electron chi connectivity index (χ1n) is 10.7. The van der Waals surface area contributed by atoms with Crippen LogP contribution in [0.2, 0.25) is 5.02 Å². The second kappa shape index (κ2) is 7.78. The molecule has 2 aromatic heterocycles. The lowest BCUT2D eigenvalue weighted by Crippen LogP contribution is -2.29. The quantitative estimate of drug-likeness (QED) is 0.365. The van der Waals surface area contributed by atoms with Crippen molar-refractivity contribution >= 4 is 44.9 Å². The van der Waals surface area contributed by atoms with Crippen molar-refractivity contribution in [3.8, 4) is 0 Å². The van der Waals surface area contributed by atoms with Crippen LogP contribution in [-0.2, 0) is 11.8 Å². The molecule has 1 aliphatic heterocycles. The third-order valence-corrected chi connectivity index (χ3v) is 7.19. The van der Waals surface area contributed by atoms with Gasteiger partial charge in [-0.25, -0.2) is 0 Å². The number of anilines is 1. The molecule has 3 heterocycles. The summed E-state index contributed by atoms with van der Waals surface area (Å²) in [6.07, 6.45) is 0.706. The van der Waals surface area contributed by atoms with Crippen molar-refractivity contribution in [3.63, 3.8) is 0 Å². The van der Waals surface area contributed by atoms with Gasteiger partial charge in [0.15, 0.2) is 5.43 Å². The predicted octanol–water partition coefficient (Wildman–Crippen LogP) is 5.91. The van der Waals surface area contributed by atoms with Gasteiger partial charge in [0.25, 0.3) is 5.91 Å². The number of hydrogen-bond donors (Lipinski definition) is 0. The summed E-state index contributed by atoms with van der Waals surface area (Å²) in [7, 11) is 0. The van der Waals surface area contributed by atoms with E-state index in [2.05, 4.69) is 31.0 Å². The van der Waals surface area contributed by atoms with E-state index in [4.69, 9.17) is 16.0 Å². The van der Waals surface area contributed by atoms with Gasteiger partial charge < -0.3 is 4.42 Å². The molecule has 5 rings (SSSR count). The number of halogens is 1. The fraction of sp³-hybridized carbons (Fsp3) is 0.280. The molecule has 2 aromatic carbocycles. The first kappa shape index (κ1) is 21.8.